The molecule has 0 heterocycles. The topological polar surface area (TPSA) is 26.0 Å². The summed E-state index contributed by atoms with van der Waals surface area (Å²) in [7, 11) is 0. The van der Waals surface area contributed by atoms with Gasteiger partial charge in [-0.2, -0.15) is 0 Å². The molecule has 60 valence electrons. The van der Waals surface area contributed by atoms with Crippen LogP contribution in [0.2, 0.25) is 0 Å². The molecular formula is C9H12FN. The molecule has 0 amide bonds. The van der Waals surface area contributed by atoms with Gasteiger partial charge in [-0.3, -0.25) is 0 Å². The SMILES string of the molecule is CC(F)C(N)c1ccccc1. The summed E-state index contributed by atoms with van der Waals surface area (Å²) >= 11 is 0. The van der Waals surface area contributed by atoms with Gasteiger partial charge in [0.2, 0.25) is 0 Å². The van der Waals surface area contributed by atoms with Gasteiger partial charge in [-0.15, -0.1) is 0 Å². The Morgan fingerprint density at radius 2 is 1.82 bits per heavy atom. The first-order chi connectivity index (χ1) is 5.22. The largest absolute Gasteiger partial charge is 0.322 e. The van der Waals surface area contributed by atoms with Crippen LogP contribution in [0.3, 0.4) is 0 Å². The monoisotopic (exact) mass is 153 g/mol. The van der Waals surface area contributed by atoms with Gasteiger partial charge >= 0.3 is 0 Å². The number of hydrogen-bond donors (Lipinski definition) is 1. The summed E-state index contributed by atoms with van der Waals surface area (Å²) in [5.74, 6) is 0. The third kappa shape index (κ3) is 2.02. The summed E-state index contributed by atoms with van der Waals surface area (Å²) in [6.45, 7) is 1.47. The van der Waals surface area contributed by atoms with Gasteiger partial charge in [0.15, 0.2) is 0 Å². The Hall–Kier alpha value is -0.890. The van der Waals surface area contributed by atoms with Crippen LogP contribution in [-0.4, -0.2) is 6.17 Å². The van der Waals surface area contributed by atoms with Gasteiger partial charge in [-0.1, -0.05) is 30.3 Å². The minimum atomic E-state index is -0.989. The summed E-state index contributed by atoms with van der Waals surface area (Å²) in [4.78, 5) is 0. The molecule has 0 radical (unpaired) electrons. The second-order valence-electron chi connectivity index (χ2n) is 2.61. The van der Waals surface area contributed by atoms with Crippen LogP contribution in [0.15, 0.2) is 30.3 Å². The van der Waals surface area contributed by atoms with Crippen molar-refractivity contribution in [3.05, 3.63) is 35.9 Å². The number of alkyl halides is 1. The lowest BCUT2D eigenvalue weighted by molar-refractivity contribution is 0.309. The van der Waals surface area contributed by atoms with Crippen molar-refractivity contribution in [2.75, 3.05) is 0 Å². The van der Waals surface area contributed by atoms with Gasteiger partial charge < -0.3 is 5.73 Å². The predicted octanol–water partition coefficient (Wildman–Crippen LogP) is 2.04. The van der Waals surface area contributed by atoms with Crippen LogP contribution in [0.25, 0.3) is 0 Å². The van der Waals surface area contributed by atoms with Crippen LogP contribution in [0.5, 0.6) is 0 Å². The van der Waals surface area contributed by atoms with Gasteiger partial charge in [-0.05, 0) is 12.5 Å². The fourth-order valence-corrected chi connectivity index (χ4v) is 0.940. The molecule has 0 bridgehead atoms. The second-order valence-corrected chi connectivity index (χ2v) is 2.61. The highest BCUT2D eigenvalue weighted by molar-refractivity contribution is 5.19. The molecule has 0 aromatic heterocycles. The maximum atomic E-state index is 12.7. The van der Waals surface area contributed by atoms with Crippen molar-refractivity contribution in [2.45, 2.75) is 19.1 Å². The smallest absolute Gasteiger partial charge is 0.116 e. The van der Waals surface area contributed by atoms with Gasteiger partial charge in [0, 0.05) is 0 Å². The van der Waals surface area contributed by atoms with E-state index in [-0.39, 0.29) is 0 Å². The quantitative estimate of drug-likeness (QED) is 0.691. The molecule has 1 nitrogen and oxygen atoms in total. The number of halogens is 1. The zero-order chi connectivity index (χ0) is 8.27. The van der Waals surface area contributed by atoms with Crippen molar-refractivity contribution in [1.29, 1.82) is 0 Å². The van der Waals surface area contributed by atoms with Gasteiger partial charge in [-0.25, -0.2) is 4.39 Å². The van der Waals surface area contributed by atoms with Crippen molar-refractivity contribution >= 4 is 0 Å². The molecule has 0 fully saturated rings. The molecular weight excluding hydrogens is 141 g/mol. The Bertz CT molecular complexity index is 208. The molecule has 0 aliphatic heterocycles. The summed E-state index contributed by atoms with van der Waals surface area (Å²) in [5, 5.41) is 0. The van der Waals surface area contributed by atoms with E-state index in [0.717, 1.165) is 5.56 Å². The van der Waals surface area contributed by atoms with Crippen LogP contribution in [0, 0.1) is 0 Å². The van der Waals surface area contributed by atoms with Crippen molar-refractivity contribution in [3.8, 4) is 0 Å². The van der Waals surface area contributed by atoms with E-state index in [1.54, 1.807) is 0 Å². The van der Waals surface area contributed by atoms with Crippen LogP contribution in [-0.2, 0) is 0 Å². The number of benzene rings is 1. The Morgan fingerprint density at radius 1 is 1.27 bits per heavy atom. The maximum Gasteiger partial charge on any atom is 0.116 e. The summed E-state index contributed by atoms with van der Waals surface area (Å²) in [5.41, 5.74) is 6.41. The minimum absolute atomic E-state index is 0.490. The summed E-state index contributed by atoms with van der Waals surface area (Å²) in [6.07, 6.45) is -0.989. The third-order valence-electron chi connectivity index (χ3n) is 1.68. The summed E-state index contributed by atoms with van der Waals surface area (Å²) in [6, 6.07) is 8.78. The lowest BCUT2D eigenvalue weighted by Gasteiger charge is -2.12. The van der Waals surface area contributed by atoms with E-state index in [9.17, 15) is 4.39 Å². The summed E-state index contributed by atoms with van der Waals surface area (Å²) < 4.78 is 12.7. The highest BCUT2D eigenvalue weighted by Gasteiger charge is 2.11. The highest BCUT2D eigenvalue weighted by Crippen LogP contribution is 2.15. The van der Waals surface area contributed by atoms with E-state index in [1.807, 2.05) is 30.3 Å². The molecule has 11 heavy (non-hydrogen) atoms. The van der Waals surface area contributed by atoms with E-state index in [4.69, 9.17) is 5.73 Å². The van der Waals surface area contributed by atoms with Gasteiger partial charge in [0.1, 0.15) is 6.17 Å². The fraction of sp³-hybridized carbons (Fsp3) is 0.333. The highest BCUT2D eigenvalue weighted by atomic mass is 19.1. The van der Waals surface area contributed by atoms with Crippen LogP contribution >= 0.6 is 0 Å². The zero-order valence-corrected chi connectivity index (χ0v) is 6.50. The Morgan fingerprint density at radius 3 is 2.27 bits per heavy atom. The van der Waals surface area contributed by atoms with Crippen LogP contribution in [0.4, 0.5) is 4.39 Å². The Balaban J connectivity index is 2.77. The van der Waals surface area contributed by atoms with Gasteiger partial charge in [0.05, 0.1) is 6.04 Å². The lowest BCUT2D eigenvalue weighted by atomic mass is 10.1. The molecule has 0 spiro atoms. The van der Waals surface area contributed by atoms with E-state index in [0.29, 0.717) is 0 Å². The Labute approximate surface area is 66.0 Å². The van der Waals surface area contributed by atoms with E-state index >= 15 is 0 Å². The minimum Gasteiger partial charge on any atom is -0.322 e. The van der Waals surface area contributed by atoms with Gasteiger partial charge in [0.25, 0.3) is 0 Å². The first-order valence-corrected chi connectivity index (χ1v) is 3.66. The molecule has 1 rings (SSSR count). The number of hydrogen-bond acceptors (Lipinski definition) is 1. The zero-order valence-electron chi connectivity index (χ0n) is 6.50. The van der Waals surface area contributed by atoms with Crippen LogP contribution in [0.1, 0.15) is 18.5 Å². The molecule has 0 aliphatic rings. The number of rotatable bonds is 2. The van der Waals surface area contributed by atoms with E-state index in [2.05, 4.69) is 0 Å². The lowest BCUT2D eigenvalue weighted by Crippen LogP contribution is -2.19. The molecule has 2 N–H and O–H groups in total. The molecule has 0 aliphatic carbocycles. The van der Waals surface area contributed by atoms with Crippen molar-refractivity contribution in [3.63, 3.8) is 0 Å². The van der Waals surface area contributed by atoms with Crippen molar-refractivity contribution in [1.82, 2.24) is 0 Å². The van der Waals surface area contributed by atoms with Crippen molar-refractivity contribution in [2.24, 2.45) is 5.73 Å². The molecule has 1 aromatic carbocycles. The number of nitrogens with two attached hydrogens (primary N) is 1. The Kier molecular flexibility index (Phi) is 2.60. The maximum absolute atomic E-state index is 12.7. The fourth-order valence-electron chi connectivity index (χ4n) is 0.940. The first-order valence-electron chi connectivity index (χ1n) is 3.66. The van der Waals surface area contributed by atoms with Crippen molar-refractivity contribution < 1.29 is 4.39 Å². The second kappa shape index (κ2) is 3.49. The first kappa shape index (κ1) is 8.21. The van der Waals surface area contributed by atoms with E-state index < -0.39 is 12.2 Å². The normalized spacial score (nSPS) is 15.9. The molecule has 0 saturated carbocycles. The molecule has 2 unspecified atom stereocenters. The van der Waals surface area contributed by atoms with E-state index in [1.165, 1.54) is 6.92 Å². The standard InChI is InChI=1S/C9H12FN/c1-7(10)9(11)8-5-3-2-4-6-8/h2-7,9H,11H2,1H3. The molecule has 0 saturated heterocycles. The molecule has 2 atom stereocenters. The molecule has 1 aromatic rings. The average molecular weight is 153 g/mol. The van der Waals surface area contributed by atoms with Crippen LogP contribution < -0.4 is 5.73 Å². The third-order valence-corrected chi connectivity index (χ3v) is 1.68. The average Bonchev–Trinajstić information content (AvgIpc) is 2.05. The predicted molar refractivity (Wildman–Crippen MR) is 43.9 cm³/mol. The molecule has 2 heteroatoms.